The monoisotopic (exact) mass is 427 g/mol. The topological polar surface area (TPSA) is 59.2 Å². The average Bonchev–Trinajstić information content (AvgIpc) is 3.41. The van der Waals surface area contributed by atoms with Gasteiger partial charge in [0, 0.05) is 34.2 Å². The Morgan fingerprint density at radius 1 is 1.28 bits per heavy atom. The number of carbonyl (C=O) groups is 1. The van der Waals surface area contributed by atoms with E-state index < -0.39 is 0 Å². The fraction of sp³-hybridized carbons (Fsp3) is 0.409. The zero-order chi connectivity index (χ0) is 20.2. The molecule has 1 aliphatic rings. The number of carbonyl (C=O) groups excluding carboxylic acids is 1. The summed E-state index contributed by atoms with van der Waals surface area (Å²) in [6.45, 7) is 5.80. The predicted molar refractivity (Wildman–Crippen MR) is 117 cm³/mol. The maximum atomic E-state index is 12.9. The van der Waals surface area contributed by atoms with Crippen LogP contribution in [0.25, 0.3) is 11.5 Å². The maximum absolute atomic E-state index is 12.9. The Morgan fingerprint density at radius 2 is 2.10 bits per heavy atom. The van der Waals surface area contributed by atoms with Crippen LogP contribution in [0, 0.1) is 0 Å². The van der Waals surface area contributed by atoms with Gasteiger partial charge in [-0.2, -0.15) is 11.3 Å². The average molecular weight is 428 g/mol. The molecule has 29 heavy (non-hydrogen) atoms. The quantitative estimate of drug-likeness (QED) is 0.503. The Bertz CT molecular complexity index is 935. The summed E-state index contributed by atoms with van der Waals surface area (Å²) >= 11 is 3.44. The van der Waals surface area contributed by atoms with Crippen molar-refractivity contribution in [2.24, 2.45) is 0 Å². The number of amides is 1. The van der Waals surface area contributed by atoms with Gasteiger partial charge in [0.2, 0.25) is 17.7 Å². The van der Waals surface area contributed by atoms with Crippen molar-refractivity contribution < 1.29 is 9.21 Å². The summed E-state index contributed by atoms with van der Waals surface area (Å²) in [5.74, 6) is 1.47. The van der Waals surface area contributed by atoms with E-state index in [4.69, 9.17) is 4.42 Å². The Kier molecular flexibility index (Phi) is 6.35. The summed E-state index contributed by atoms with van der Waals surface area (Å²) < 4.78 is 5.90. The lowest BCUT2D eigenvalue weighted by Crippen LogP contribution is -2.40. The minimum absolute atomic E-state index is 0.109. The van der Waals surface area contributed by atoms with E-state index in [0.717, 1.165) is 30.5 Å². The number of benzene rings is 1. The normalized spacial score (nSPS) is 17.1. The molecule has 1 unspecified atom stereocenters. The minimum Gasteiger partial charge on any atom is -0.420 e. The van der Waals surface area contributed by atoms with Gasteiger partial charge in [-0.3, -0.25) is 4.79 Å². The first-order valence-electron chi connectivity index (χ1n) is 9.98. The van der Waals surface area contributed by atoms with Crippen molar-refractivity contribution in [2.45, 2.75) is 49.2 Å². The molecule has 0 saturated carbocycles. The number of aromatic nitrogens is 2. The van der Waals surface area contributed by atoms with Gasteiger partial charge >= 0.3 is 0 Å². The summed E-state index contributed by atoms with van der Waals surface area (Å²) in [6, 6.07) is 10.3. The third-order valence-corrected chi connectivity index (χ3v) is 6.68. The standard InChI is InChI=1S/C22H25N3O2S2/c1-15(2)29-19-7-5-16(6-8-19)12-20(26)25-10-3-4-17(13-25)21-23-24-22(27-21)18-9-11-28-14-18/h5-9,11,14-15,17H,3-4,10,12-13H2,1-2H3. The highest BCUT2D eigenvalue weighted by Gasteiger charge is 2.28. The molecule has 5 nitrogen and oxygen atoms in total. The molecule has 1 aromatic carbocycles. The molecule has 4 rings (SSSR count). The molecule has 1 aliphatic heterocycles. The highest BCUT2D eigenvalue weighted by Crippen LogP contribution is 2.29. The zero-order valence-corrected chi connectivity index (χ0v) is 18.3. The van der Waals surface area contributed by atoms with Crippen molar-refractivity contribution in [3.63, 3.8) is 0 Å². The second-order valence-corrected chi connectivity index (χ2v) is 10.1. The molecule has 1 atom stereocenters. The number of hydrogen-bond donors (Lipinski definition) is 0. The molecular formula is C22H25N3O2S2. The molecule has 0 radical (unpaired) electrons. The summed E-state index contributed by atoms with van der Waals surface area (Å²) in [6.07, 6.45) is 2.36. The first-order chi connectivity index (χ1) is 14.1. The van der Waals surface area contributed by atoms with Crippen LogP contribution in [0.4, 0.5) is 0 Å². The molecular weight excluding hydrogens is 402 g/mol. The molecule has 2 aromatic heterocycles. The van der Waals surface area contributed by atoms with E-state index in [2.05, 4.69) is 48.3 Å². The van der Waals surface area contributed by atoms with Crippen LogP contribution in [-0.2, 0) is 11.2 Å². The summed E-state index contributed by atoms with van der Waals surface area (Å²) in [5.41, 5.74) is 2.01. The van der Waals surface area contributed by atoms with Crippen LogP contribution in [0.1, 0.15) is 44.1 Å². The van der Waals surface area contributed by atoms with Crippen LogP contribution in [0.3, 0.4) is 0 Å². The van der Waals surface area contributed by atoms with E-state index in [0.29, 0.717) is 30.0 Å². The van der Waals surface area contributed by atoms with Crippen LogP contribution in [0.5, 0.6) is 0 Å². The van der Waals surface area contributed by atoms with E-state index in [1.54, 1.807) is 11.3 Å². The van der Waals surface area contributed by atoms with Crippen LogP contribution in [0.15, 0.2) is 50.4 Å². The minimum atomic E-state index is 0.109. The fourth-order valence-electron chi connectivity index (χ4n) is 3.55. The molecule has 1 amide bonds. The summed E-state index contributed by atoms with van der Waals surface area (Å²) in [7, 11) is 0. The summed E-state index contributed by atoms with van der Waals surface area (Å²) in [5, 5.41) is 13.0. The Morgan fingerprint density at radius 3 is 2.83 bits per heavy atom. The second-order valence-electron chi connectivity index (χ2n) is 7.62. The molecule has 7 heteroatoms. The van der Waals surface area contributed by atoms with Crippen LogP contribution in [0.2, 0.25) is 0 Å². The van der Waals surface area contributed by atoms with Crippen molar-refractivity contribution in [1.29, 1.82) is 0 Å². The van der Waals surface area contributed by atoms with Gasteiger partial charge in [-0.1, -0.05) is 26.0 Å². The number of likely N-dealkylation sites (tertiary alicyclic amines) is 1. The van der Waals surface area contributed by atoms with Gasteiger partial charge in [0.25, 0.3) is 0 Å². The maximum Gasteiger partial charge on any atom is 0.248 e. The van der Waals surface area contributed by atoms with Gasteiger partial charge in [-0.05, 0) is 42.0 Å². The van der Waals surface area contributed by atoms with Gasteiger partial charge in [-0.15, -0.1) is 22.0 Å². The molecule has 152 valence electrons. The highest BCUT2D eigenvalue weighted by atomic mass is 32.2. The fourth-order valence-corrected chi connectivity index (χ4v) is 5.02. The largest absolute Gasteiger partial charge is 0.420 e. The molecule has 0 N–H and O–H groups in total. The van der Waals surface area contributed by atoms with E-state index in [1.807, 2.05) is 33.5 Å². The van der Waals surface area contributed by atoms with E-state index in [-0.39, 0.29) is 11.8 Å². The number of hydrogen-bond acceptors (Lipinski definition) is 6. The lowest BCUT2D eigenvalue weighted by atomic mass is 9.97. The van der Waals surface area contributed by atoms with Crippen molar-refractivity contribution in [2.75, 3.05) is 13.1 Å². The first-order valence-corrected chi connectivity index (χ1v) is 11.8. The molecule has 3 aromatic rings. The van der Waals surface area contributed by atoms with Crippen LogP contribution >= 0.6 is 23.1 Å². The lowest BCUT2D eigenvalue weighted by molar-refractivity contribution is -0.131. The molecule has 3 heterocycles. The van der Waals surface area contributed by atoms with Crippen LogP contribution < -0.4 is 0 Å². The third kappa shape index (κ3) is 5.08. The van der Waals surface area contributed by atoms with Gasteiger partial charge in [0.05, 0.1) is 12.3 Å². The number of thioether (sulfide) groups is 1. The van der Waals surface area contributed by atoms with Gasteiger partial charge in [-0.25, -0.2) is 0 Å². The highest BCUT2D eigenvalue weighted by molar-refractivity contribution is 7.99. The van der Waals surface area contributed by atoms with Crippen molar-refractivity contribution in [3.05, 3.63) is 52.5 Å². The lowest BCUT2D eigenvalue weighted by Gasteiger charge is -2.31. The van der Waals surface area contributed by atoms with Crippen LogP contribution in [-0.4, -0.2) is 39.3 Å². The van der Waals surface area contributed by atoms with E-state index >= 15 is 0 Å². The molecule has 0 aliphatic carbocycles. The third-order valence-electron chi connectivity index (χ3n) is 4.98. The van der Waals surface area contributed by atoms with Crippen molar-refractivity contribution in [3.8, 4) is 11.5 Å². The number of piperidine rings is 1. The zero-order valence-electron chi connectivity index (χ0n) is 16.7. The summed E-state index contributed by atoms with van der Waals surface area (Å²) in [4.78, 5) is 16.0. The van der Waals surface area contributed by atoms with E-state index in [1.165, 1.54) is 4.90 Å². The molecule has 0 spiro atoms. The Balaban J connectivity index is 1.37. The number of thiophene rings is 1. The Hall–Kier alpha value is -2.12. The van der Waals surface area contributed by atoms with Crippen molar-refractivity contribution >= 4 is 29.0 Å². The van der Waals surface area contributed by atoms with Gasteiger partial charge in [0.1, 0.15) is 0 Å². The van der Waals surface area contributed by atoms with E-state index in [9.17, 15) is 4.79 Å². The first kappa shape index (κ1) is 20.2. The smallest absolute Gasteiger partial charge is 0.248 e. The molecule has 0 bridgehead atoms. The molecule has 1 saturated heterocycles. The van der Waals surface area contributed by atoms with Crippen molar-refractivity contribution in [1.82, 2.24) is 15.1 Å². The predicted octanol–water partition coefficient (Wildman–Crippen LogP) is 5.25. The second kappa shape index (κ2) is 9.13. The number of rotatable bonds is 6. The Labute approximate surface area is 179 Å². The van der Waals surface area contributed by atoms with Gasteiger partial charge < -0.3 is 9.32 Å². The molecule has 1 fully saturated rings. The number of nitrogens with zero attached hydrogens (tertiary/aromatic N) is 3. The SMILES string of the molecule is CC(C)Sc1ccc(CC(=O)N2CCCC(c3nnc(-c4ccsc4)o3)C2)cc1. The van der Waals surface area contributed by atoms with Gasteiger partial charge in [0.15, 0.2) is 0 Å².